The molecule has 1 aliphatic heterocycles. The van der Waals surface area contributed by atoms with E-state index in [1.54, 1.807) is 12.1 Å². The first-order valence-electron chi connectivity index (χ1n) is 11.9. The van der Waals surface area contributed by atoms with E-state index in [1.807, 2.05) is 24.3 Å². The highest BCUT2D eigenvalue weighted by molar-refractivity contribution is 6.31. The molecule has 1 amide bonds. The fourth-order valence-electron chi connectivity index (χ4n) is 3.99. The van der Waals surface area contributed by atoms with Gasteiger partial charge < -0.3 is 14.8 Å². The first kappa shape index (κ1) is 25.5. The highest BCUT2D eigenvalue weighted by atomic mass is 35.5. The number of anilines is 1. The van der Waals surface area contributed by atoms with Crippen molar-refractivity contribution in [1.29, 1.82) is 0 Å². The number of nitro benzene ring substituents is 1. The molecule has 0 bridgehead atoms. The summed E-state index contributed by atoms with van der Waals surface area (Å²) < 4.78 is 11.8. The van der Waals surface area contributed by atoms with Crippen molar-refractivity contribution >= 4 is 28.9 Å². The number of ether oxygens (including phenoxy) is 2. The predicted octanol–water partition coefficient (Wildman–Crippen LogP) is 5.94. The van der Waals surface area contributed by atoms with Crippen LogP contribution in [0.4, 0.5) is 11.4 Å². The second-order valence-corrected chi connectivity index (χ2v) is 9.02. The van der Waals surface area contributed by atoms with Gasteiger partial charge in [0.15, 0.2) is 0 Å². The average Bonchev–Trinajstić information content (AvgIpc) is 2.89. The molecule has 1 aliphatic rings. The molecule has 1 fully saturated rings. The van der Waals surface area contributed by atoms with Crippen molar-refractivity contribution in [2.45, 2.75) is 25.9 Å². The molecule has 0 aliphatic carbocycles. The lowest BCUT2D eigenvalue weighted by Crippen LogP contribution is -2.33. The fourth-order valence-corrected chi connectivity index (χ4v) is 4.16. The Morgan fingerprint density at radius 3 is 2.39 bits per heavy atom. The Morgan fingerprint density at radius 2 is 1.69 bits per heavy atom. The molecule has 1 saturated heterocycles. The molecule has 36 heavy (non-hydrogen) atoms. The van der Waals surface area contributed by atoms with Crippen molar-refractivity contribution in [1.82, 2.24) is 4.90 Å². The molecule has 0 unspecified atom stereocenters. The maximum Gasteiger partial charge on any atom is 0.269 e. The molecule has 188 valence electrons. The monoisotopic (exact) mass is 509 g/mol. The van der Waals surface area contributed by atoms with Crippen molar-refractivity contribution in [2.24, 2.45) is 0 Å². The van der Waals surface area contributed by atoms with Gasteiger partial charge in [0.25, 0.3) is 11.6 Å². The topological polar surface area (TPSA) is 93.9 Å². The summed E-state index contributed by atoms with van der Waals surface area (Å²) in [5.74, 6) is 0.755. The molecular weight excluding hydrogens is 482 g/mol. The zero-order chi connectivity index (χ0) is 25.3. The van der Waals surface area contributed by atoms with Gasteiger partial charge in [0.2, 0.25) is 0 Å². The van der Waals surface area contributed by atoms with Gasteiger partial charge in [-0.05, 0) is 74.0 Å². The minimum Gasteiger partial charge on any atom is -0.492 e. The normalized spacial score (nSPS) is 13.7. The Balaban J connectivity index is 1.32. The number of nitro groups is 1. The van der Waals surface area contributed by atoms with E-state index in [9.17, 15) is 14.9 Å². The molecule has 0 spiro atoms. The van der Waals surface area contributed by atoms with Gasteiger partial charge >= 0.3 is 0 Å². The standard InChI is InChI=1S/C27H28ClN3O5/c28-21-6-13-26(25(18-21)27(32)29-22-7-9-23(10-8-22)31(33)34)36-19-20-4-11-24(12-5-20)35-17-16-30-14-2-1-3-15-30/h4-13,18H,1-3,14-17,19H2,(H,29,32). The Hall–Kier alpha value is -3.62. The van der Waals surface area contributed by atoms with Gasteiger partial charge in [-0.2, -0.15) is 0 Å². The van der Waals surface area contributed by atoms with Crippen molar-refractivity contribution in [3.8, 4) is 11.5 Å². The van der Waals surface area contributed by atoms with E-state index in [0.717, 1.165) is 30.9 Å². The summed E-state index contributed by atoms with van der Waals surface area (Å²) in [5.41, 5.74) is 1.55. The summed E-state index contributed by atoms with van der Waals surface area (Å²) in [4.78, 5) is 25.6. The molecule has 3 aromatic carbocycles. The molecule has 0 atom stereocenters. The second kappa shape index (κ2) is 12.4. The number of nitrogens with one attached hydrogen (secondary N) is 1. The molecule has 1 N–H and O–H groups in total. The number of hydrogen-bond donors (Lipinski definition) is 1. The number of piperidine rings is 1. The zero-order valence-corrected chi connectivity index (χ0v) is 20.6. The van der Waals surface area contributed by atoms with Crippen LogP contribution < -0.4 is 14.8 Å². The van der Waals surface area contributed by atoms with Gasteiger partial charge in [-0.25, -0.2) is 0 Å². The van der Waals surface area contributed by atoms with E-state index >= 15 is 0 Å². The highest BCUT2D eigenvalue weighted by Gasteiger charge is 2.15. The van der Waals surface area contributed by atoms with Crippen LogP contribution >= 0.6 is 11.6 Å². The zero-order valence-electron chi connectivity index (χ0n) is 19.8. The Morgan fingerprint density at radius 1 is 0.972 bits per heavy atom. The van der Waals surface area contributed by atoms with E-state index in [2.05, 4.69) is 10.2 Å². The molecule has 4 rings (SSSR count). The predicted molar refractivity (Wildman–Crippen MR) is 139 cm³/mol. The molecule has 1 heterocycles. The maximum absolute atomic E-state index is 12.9. The van der Waals surface area contributed by atoms with Crippen molar-refractivity contribution in [3.63, 3.8) is 0 Å². The third-order valence-electron chi connectivity index (χ3n) is 5.96. The lowest BCUT2D eigenvalue weighted by Gasteiger charge is -2.26. The Bertz CT molecular complexity index is 1180. The van der Waals surface area contributed by atoms with Crippen LogP contribution in [0.2, 0.25) is 5.02 Å². The Labute approximate surface area is 214 Å². The van der Waals surface area contributed by atoms with Crippen LogP contribution in [0.15, 0.2) is 66.7 Å². The molecule has 9 heteroatoms. The quantitative estimate of drug-likeness (QED) is 0.268. The van der Waals surface area contributed by atoms with Gasteiger partial charge in [0, 0.05) is 29.4 Å². The SMILES string of the molecule is O=C(Nc1ccc([N+](=O)[O-])cc1)c1cc(Cl)ccc1OCc1ccc(OCCN2CCCCC2)cc1. The molecule has 0 aromatic heterocycles. The first-order chi connectivity index (χ1) is 17.5. The number of rotatable bonds is 10. The van der Waals surface area contributed by atoms with Crippen LogP contribution in [-0.2, 0) is 6.61 Å². The van der Waals surface area contributed by atoms with Crippen molar-refractivity contribution < 1.29 is 19.2 Å². The van der Waals surface area contributed by atoms with Crippen molar-refractivity contribution in [3.05, 3.63) is 93.0 Å². The molecule has 0 radical (unpaired) electrons. The number of halogens is 1. The van der Waals surface area contributed by atoms with Crippen LogP contribution in [0.1, 0.15) is 35.2 Å². The number of carbonyl (C=O) groups excluding carboxylic acids is 1. The lowest BCUT2D eigenvalue weighted by atomic mass is 10.1. The average molecular weight is 510 g/mol. The van der Waals surface area contributed by atoms with E-state index in [1.165, 1.54) is 49.6 Å². The lowest BCUT2D eigenvalue weighted by molar-refractivity contribution is -0.384. The summed E-state index contributed by atoms with van der Waals surface area (Å²) in [5, 5.41) is 13.9. The van der Waals surface area contributed by atoms with Crippen LogP contribution in [0.3, 0.4) is 0 Å². The van der Waals surface area contributed by atoms with Gasteiger partial charge in [-0.3, -0.25) is 19.8 Å². The third kappa shape index (κ3) is 7.19. The van der Waals surface area contributed by atoms with Gasteiger partial charge in [0.05, 0.1) is 10.5 Å². The smallest absolute Gasteiger partial charge is 0.269 e. The number of benzene rings is 3. The molecule has 0 saturated carbocycles. The van der Waals surface area contributed by atoms with E-state index in [-0.39, 0.29) is 17.9 Å². The molecule has 3 aromatic rings. The number of carbonyl (C=O) groups is 1. The third-order valence-corrected chi connectivity index (χ3v) is 6.20. The van der Waals surface area contributed by atoms with Crippen molar-refractivity contribution in [2.75, 3.05) is 31.6 Å². The van der Waals surface area contributed by atoms with E-state index < -0.39 is 10.8 Å². The number of amides is 1. The molecule has 8 nitrogen and oxygen atoms in total. The minimum absolute atomic E-state index is 0.0572. The highest BCUT2D eigenvalue weighted by Crippen LogP contribution is 2.26. The maximum atomic E-state index is 12.9. The summed E-state index contributed by atoms with van der Waals surface area (Å²) >= 11 is 6.12. The van der Waals surface area contributed by atoms with Gasteiger partial charge in [-0.15, -0.1) is 0 Å². The summed E-state index contributed by atoms with van der Waals surface area (Å²) in [6.45, 7) is 4.16. The number of non-ortho nitro benzene ring substituents is 1. The summed E-state index contributed by atoms with van der Waals surface area (Å²) in [6, 6.07) is 18.1. The van der Waals surface area contributed by atoms with Crippen LogP contribution in [0.5, 0.6) is 11.5 Å². The summed E-state index contributed by atoms with van der Waals surface area (Å²) in [6.07, 6.45) is 3.86. The molecular formula is C27H28ClN3O5. The van der Waals surface area contributed by atoms with Crippen LogP contribution in [0, 0.1) is 10.1 Å². The number of nitrogens with zero attached hydrogens (tertiary/aromatic N) is 2. The second-order valence-electron chi connectivity index (χ2n) is 8.58. The largest absolute Gasteiger partial charge is 0.492 e. The fraction of sp³-hybridized carbons (Fsp3) is 0.296. The van der Waals surface area contributed by atoms with E-state index in [0.29, 0.717) is 23.1 Å². The Kier molecular flexibility index (Phi) is 8.76. The van der Waals surface area contributed by atoms with Crippen LogP contribution in [-0.4, -0.2) is 42.0 Å². The first-order valence-corrected chi connectivity index (χ1v) is 12.3. The minimum atomic E-state index is -0.497. The summed E-state index contributed by atoms with van der Waals surface area (Å²) in [7, 11) is 0. The van der Waals surface area contributed by atoms with Gasteiger partial charge in [0.1, 0.15) is 24.7 Å². The number of hydrogen-bond acceptors (Lipinski definition) is 6. The van der Waals surface area contributed by atoms with Crippen LogP contribution in [0.25, 0.3) is 0 Å². The van der Waals surface area contributed by atoms with E-state index in [4.69, 9.17) is 21.1 Å². The van der Waals surface area contributed by atoms with Gasteiger partial charge in [-0.1, -0.05) is 30.2 Å². The number of likely N-dealkylation sites (tertiary alicyclic amines) is 1.